The van der Waals surface area contributed by atoms with Gasteiger partial charge in [-0.2, -0.15) is 0 Å². The fraction of sp³-hybridized carbons (Fsp3) is 0. The molecule has 2 heterocycles. The topological polar surface area (TPSA) is 17.3 Å². The summed E-state index contributed by atoms with van der Waals surface area (Å²) in [5.74, 6) is 0. The molecule has 0 N–H and O–H groups in total. The first-order chi connectivity index (χ1) is 43.1. The monoisotopic (exact) mass is 1110 g/mol. The molecule has 0 aromatic heterocycles. The van der Waals surface area contributed by atoms with Gasteiger partial charge in [0, 0.05) is 68.2 Å². The van der Waals surface area contributed by atoms with Crippen molar-refractivity contribution in [3.63, 3.8) is 0 Å². The highest BCUT2D eigenvalue weighted by atomic mass is 15.2. The second kappa shape index (κ2) is 21.5. The molecule has 0 amide bonds. The van der Waals surface area contributed by atoms with Crippen LogP contribution in [0.15, 0.2) is 328 Å². The summed E-state index contributed by atoms with van der Waals surface area (Å²) in [7, 11) is 0. The molecule has 406 valence electrons. The summed E-state index contributed by atoms with van der Waals surface area (Å²) >= 11 is 0. The highest BCUT2D eigenvalue weighted by Gasteiger charge is 2.44. The summed E-state index contributed by atoms with van der Waals surface area (Å²) in [6.07, 6.45) is 0. The van der Waals surface area contributed by atoms with Crippen molar-refractivity contribution in [1.29, 1.82) is 0 Å². The Labute approximate surface area is 507 Å². The van der Waals surface area contributed by atoms with Gasteiger partial charge in [0.1, 0.15) is 0 Å². The van der Waals surface area contributed by atoms with Crippen LogP contribution < -0.4 is 36.0 Å². The quantitative estimate of drug-likeness (QED) is 0.0729. The molecule has 14 aromatic rings. The predicted octanol–water partition coefficient (Wildman–Crippen LogP) is 20.6. The van der Waals surface area contributed by atoms with Gasteiger partial charge >= 0.3 is 0 Å². The second-order valence-corrected chi connectivity index (χ2v) is 22.3. The van der Waals surface area contributed by atoms with Gasteiger partial charge in [0.15, 0.2) is 5.69 Å². The van der Waals surface area contributed by atoms with Gasteiger partial charge in [-0.15, -0.1) is 0 Å². The molecular formula is C81H54BN5. The van der Waals surface area contributed by atoms with E-state index in [2.05, 4.69) is 352 Å². The van der Waals surface area contributed by atoms with E-state index in [1.54, 1.807) is 0 Å². The van der Waals surface area contributed by atoms with Crippen LogP contribution in [-0.2, 0) is 0 Å². The largest absolute Gasteiger partial charge is 0.311 e. The normalized spacial score (nSPS) is 12.1. The van der Waals surface area contributed by atoms with Gasteiger partial charge in [-0.1, -0.05) is 200 Å². The number of para-hydroxylation sites is 6. The molecule has 2 aliphatic heterocycles. The van der Waals surface area contributed by atoms with Gasteiger partial charge in [0.25, 0.3) is 6.71 Å². The molecule has 0 spiro atoms. The molecule has 0 saturated heterocycles. The molecule has 5 nitrogen and oxygen atoms in total. The summed E-state index contributed by atoms with van der Waals surface area (Å²) in [6.45, 7) is 8.62. The average Bonchev–Trinajstić information content (AvgIpc) is 1.00. The van der Waals surface area contributed by atoms with E-state index in [1.165, 1.54) is 38.3 Å². The van der Waals surface area contributed by atoms with E-state index in [4.69, 9.17) is 6.57 Å². The number of rotatable bonds is 11. The van der Waals surface area contributed by atoms with Crippen molar-refractivity contribution >= 4 is 119 Å². The van der Waals surface area contributed by atoms with E-state index in [0.29, 0.717) is 5.69 Å². The minimum atomic E-state index is -0.188. The lowest BCUT2D eigenvalue weighted by Gasteiger charge is -2.45. The first-order valence-electron chi connectivity index (χ1n) is 29.6. The van der Waals surface area contributed by atoms with Crippen molar-refractivity contribution in [1.82, 2.24) is 0 Å². The third-order valence-electron chi connectivity index (χ3n) is 17.3. The summed E-state index contributed by atoms with van der Waals surface area (Å²) in [6, 6.07) is 118. The van der Waals surface area contributed by atoms with Crippen LogP contribution in [-0.4, -0.2) is 6.71 Å². The maximum Gasteiger partial charge on any atom is 0.252 e. The Kier molecular flexibility index (Phi) is 12.6. The van der Waals surface area contributed by atoms with Gasteiger partial charge in [0.2, 0.25) is 0 Å². The van der Waals surface area contributed by atoms with Crippen LogP contribution >= 0.6 is 0 Å². The minimum absolute atomic E-state index is 0.188. The Morgan fingerprint density at radius 3 is 1.00 bits per heavy atom. The average molecular weight is 1110 g/mol. The Balaban J connectivity index is 0.991. The molecule has 0 atom stereocenters. The Bertz CT molecular complexity index is 4610. The molecule has 2 aliphatic rings. The van der Waals surface area contributed by atoms with E-state index in [1.807, 2.05) is 0 Å². The van der Waals surface area contributed by atoms with E-state index in [9.17, 15) is 0 Å². The van der Waals surface area contributed by atoms with Crippen LogP contribution in [0.5, 0.6) is 0 Å². The summed E-state index contributed by atoms with van der Waals surface area (Å²) in [5.41, 5.74) is 23.3. The lowest BCUT2D eigenvalue weighted by atomic mass is 9.33. The third kappa shape index (κ3) is 8.80. The molecule has 16 rings (SSSR count). The third-order valence-corrected chi connectivity index (χ3v) is 17.3. The molecule has 14 aromatic carbocycles. The predicted molar refractivity (Wildman–Crippen MR) is 367 cm³/mol. The van der Waals surface area contributed by atoms with Crippen LogP contribution in [0.4, 0.5) is 73.9 Å². The summed E-state index contributed by atoms with van der Waals surface area (Å²) < 4.78 is 0. The molecule has 0 fully saturated rings. The molecule has 0 unspecified atom stereocenters. The molecule has 0 radical (unpaired) electrons. The lowest BCUT2D eigenvalue weighted by molar-refractivity contribution is 1.23. The smallest absolute Gasteiger partial charge is 0.252 e. The highest BCUT2D eigenvalue weighted by molar-refractivity contribution is 7.00. The molecule has 0 aliphatic carbocycles. The zero-order valence-electron chi connectivity index (χ0n) is 47.5. The van der Waals surface area contributed by atoms with Crippen LogP contribution in [0.1, 0.15) is 0 Å². The van der Waals surface area contributed by atoms with Crippen LogP contribution in [0.3, 0.4) is 0 Å². The molecule has 0 bridgehead atoms. The van der Waals surface area contributed by atoms with Gasteiger partial charge in [0.05, 0.1) is 6.57 Å². The Morgan fingerprint density at radius 2 is 0.609 bits per heavy atom. The Hall–Kier alpha value is -11.6. The van der Waals surface area contributed by atoms with Crippen molar-refractivity contribution in [2.45, 2.75) is 0 Å². The highest BCUT2D eigenvalue weighted by Crippen LogP contribution is 2.51. The summed E-state index contributed by atoms with van der Waals surface area (Å²) in [4.78, 5) is 14.0. The van der Waals surface area contributed by atoms with Crippen molar-refractivity contribution in [2.75, 3.05) is 19.6 Å². The molecular weight excluding hydrogens is 1050 g/mol. The number of hydrogen-bond acceptors (Lipinski definition) is 4. The maximum atomic E-state index is 8.81. The maximum absolute atomic E-state index is 8.81. The van der Waals surface area contributed by atoms with Crippen molar-refractivity contribution < 1.29 is 0 Å². The number of anilines is 12. The van der Waals surface area contributed by atoms with Crippen LogP contribution in [0, 0.1) is 6.57 Å². The Morgan fingerprint density at radius 1 is 0.276 bits per heavy atom. The van der Waals surface area contributed by atoms with Gasteiger partial charge in [-0.05, 0) is 199 Å². The first kappa shape index (κ1) is 51.0. The molecule has 87 heavy (non-hydrogen) atoms. The van der Waals surface area contributed by atoms with Crippen molar-refractivity contribution in [3.8, 4) is 33.4 Å². The van der Waals surface area contributed by atoms with Crippen LogP contribution in [0.2, 0.25) is 0 Å². The SMILES string of the molecule is [C-]#[N+]c1cc(-c2cc3c4c(c2)N(c2ccccc2)c2cc(N(c5ccccc5)c5ccccc5)ccc2B4c2ccc(N(c4ccccc4)c4ccccc4)cc2N3c2ccccc2)cc(-c2c3ccccc3c(-c3ccccc3)c3ccccc23)c1. The van der Waals surface area contributed by atoms with Crippen molar-refractivity contribution in [2.24, 2.45) is 0 Å². The standard InChI is InChI=1S/C81H54BN5/c1-83-60-50-57(49-59(51-60)80-71-43-25-23-41-69(71)79(56-27-9-2-10-28-56)70-42-24-26-44-72(70)80)58-52-77-81-78(53-58)87(66-39-21-8-22-40-66)76-55-68(85(63-33-15-5-16-34-63)64-35-17-6-18-36-64)46-48-74(76)82(81)73-47-45-67(54-75(73)86(77)65-37-19-7-20-38-65)84(61-29-11-3-12-30-61)62-31-13-4-14-32-62/h2-55H. The minimum Gasteiger partial charge on any atom is -0.311 e. The van der Waals surface area contributed by atoms with Gasteiger partial charge < -0.3 is 19.6 Å². The molecule has 0 saturated carbocycles. The second-order valence-electron chi connectivity index (χ2n) is 22.3. The van der Waals surface area contributed by atoms with Gasteiger partial charge in [-0.3, -0.25) is 0 Å². The van der Waals surface area contributed by atoms with E-state index >= 15 is 0 Å². The fourth-order valence-electron chi connectivity index (χ4n) is 13.7. The molecule has 6 heteroatoms. The lowest BCUT2D eigenvalue weighted by Crippen LogP contribution is -2.61. The number of hydrogen-bond donors (Lipinski definition) is 0. The number of fused-ring (bicyclic) bond motifs is 6. The van der Waals surface area contributed by atoms with E-state index < -0.39 is 0 Å². The van der Waals surface area contributed by atoms with Crippen LogP contribution in [0.25, 0.3) is 59.8 Å². The number of benzene rings is 14. The zero-order valence-corrected chi connectivity index (χ0v) is 47.5. The van der Waals surface area contributed by atoms with Crippen molar-refractivity contribution in [3.05, 3.63) is 339 Å². The summed E-state index contributed by atoms with van der Waals surface area (Å²) in [5, 5.41) is 4.61. The van der Waals surface area contributed by atoms with Gasteiger partial charge in [-0.25, -0.2) is 4.85 Å². The fourth-order valence-corrected chi connectivity index (χ4v) is 13.7. The van der Waals surface area contributed by atoms with E-state index in [0.717, 1.165) is 101 Å². The first-order valence-corrected chi connectivity index (χ1v) is 29.6. The van der Waals surface area contributed by atoms with E-state index in [-0.39, 0.29) is 6.71 Å². The zero-order chi connectivity index (χ0) is 57.8. The number of nitrogens with zero attached hydrogens (tertiary/aromatic N) is 5.